The molecule has 0 aliphatic heterocycles. The minimum Gasteiger partial charge on any atom is -0.452 e. The summed E-state index contributed by atoms with van der Waals surface area (Å²) in [6.07, 6.45) is 0. The molecule has 2 aromatic rings. The van der Waals surface area contributed by atoms with Gasteiger partial charge < -0.3 is 10.1 Å². The lowest BCUT2D eigenvalue weighted by Gasteiger charge is -2.08. The van der Waals surface area contributed by atoms with E-state index in [4.69, 9.17) is 21.6 Å². The van der Waals surface area contributed by atoms with Crippen molar-refractivity contribution in [3.63, 3.8) is 0 Å². The molecular formula is C17H13ClN2O3. The standard InChI is InChI=1S/C17H13ClN2O3/c18-15-7-2-1-5-14(15)10-20-16(21)11-23-17(22)13-6-3-4-12(8-13)9-19/h1-8H,10-11H2,(H,20,21). The highest BCUT2D eigenvalue weighted by molar-refractivity contribution is 6.31. The molecule has 116 valence electrons. The molecule has 0 fully saturated rings. The number of halogens is 1. The maximum atomic E-state index is 11.8. The predicted molar refractivity (Wildman–Crippen MR) is 84.7 cm³/mol. The Balaban J connectivity index is 1.83. The van der Waals surface area contributed by atoms with E-state index in [9.17, 15) is 9.59 Å². The van der Waals surface area contributed by atoms with Crippen LogP contribution in [0.25, 0.3) is 0 Å². The Labute approximate surface area is 138 Å². The molecule has 0 aliphatic carbocycles. The number of nitrogens with one attached hydrogen (secondary N) is 1. The molecule has 0 unspecified atom stereocenters. The van der Waals surface area contributed by atoms with Crippen molar-refractivity contribution in [2.24, 2.45) is 0 Å². The number of hydrogen-bond acceptors (Lipinski definition) is 4. The Morgan fingerprint density at radius 2 is 1.96 bits per heavy atom. The van der Waals surface area contributed by atoms with Crippen LogP contribution in [0.4, 0.5) is 0 Å². The van der Waals surface area contributed by atoms with Gasteiger partial charge in [-0.3, -0.25) is 4.79 Å². The summed E-state index contributed by atoms with van der Waals surface area (Å²) < 4.78 is 4.91. The average Bonchev–Trinajstić information content (AvgIpc) is 2.59. The quantitative estimate of drug-likeness (QED) is 0.856. The molecule has 0 heterocycles. The Bertz CT molecular complexity index is 768. The highest BCUT2D eigenvalue weighted by Gasteiger charge is 2.11. The predicted octanol–water partition coefficient (Wildman–Crippen LogP) is 2.68. The Morgan fingerprint density at radius 1 is 1.17 bits per heavy atom. The van der Waals surface area contributed by atoms with E-state index in [-0.39, 0.29) is 12.1 Å². The molecule has 1 amide bonds. The first-order chi connectivity index (χ1) is 11.1. The van der Waals surface area contributed by atoms with Gasteiger partial charge in [-0.15, -0.1) is 0 Å². The molecule has 1 N–H and O–H groups in total. The lowest BCUT2D eigenvalue weighted by Crippen LogP contribution is -2.28. The van der Waals surface area contributed by atoms with Crippen LogP contribution in [-0.2, 0) is 16.1 Å². The van der Waals surface area contributed by atoms with Gasteiger partial charge in [0.25, 0.3) is 5.91 Å². The largest absolute Gasteiger partial charge is 0.452 e. The smallest absolute Gasteiger partial charge is 0.338 e. The zero-order chi connectivity index (χ0) is 16.7. The molecule has 0 saturated carbocycles. The van der Waals surface area contributed by atoms with Crippen LogP contribution < -0.4 is 5.32 Å². The number of carbonyl (C=O) groups is 2. The maximum absolute atomic E-state index is 11.8. The van der Waals surface area contributed by atoms with Crippen LogP contribution in [0.1, 0.15) is 21.5 Å². The molecule has 0 saturated heterocycles. The van der Waals surface area contributed by atoms with E-state index in [1.54, 1.807) is 30.3 Å². The van der Waals surface area contributed by atoms with Crippen LogP contribution in [0.3, 0.4) is 0 Å². The van der Waals surface area contributed by atoms with Crippen LogP contribution in [0.5, 0.6) is 0 Å². The first-order valence-corrected chi connectivity index (χ1v) is 7.15. The van der Waals surface area contributed by atoms with Gasteiger partial charge in [0.15, 0.2) is 6.61 Å². The van der Waals surface area contributed by atoms with Crippen molar-refractivity contribution in [2.75, 3.05) is 6.61 Å². The first kappa shape index (κ1) is 16.5. The summed E-state index contributed by atoms with van der Waals surface area (Å²) in [5.41, 5.74) is 1.35. The Hall–Kier alpha value is -2.84. The molecule has 0 radical (unpaired) electrons. The lowest BCUT2D eigenvalue weighted by molar-refractivity contribution is -0.124. The molecule has 0 aliphatic rings. The van der Waals surface area contributed by atoms with E-state index in [0.29, 0.717) is 10.6 Å². The zero-order valence-electron chi connectivity index (χ0n) is 12.1. The highest BCUT2D eigenvalue weighted by Crippen LogP contribution is 2.14. The van der Waals surface area contributed by atoms with E-state index < -0.39 is 18.5 Å². The fourth-order valence-electron chi connectivity index (χ4n) is 1.82. The number of rotatable bonds is 5. The summed E-state index contributed by atoms with van der Waals surface area (Å²) in [4.78, 5) is 23.5. The number of ether oxygens (including phenoxy) is 1. The zero-order valence-corrected chi connectivity index (χ0v) is 12.8. The molecular weight excluding hydrogens is 316 g/mol. The van der Waals surface area contributed by atoms with Crippen LogP contribution in [0.15, 0.2) is 48.5 Å². The summed E-state index contributed by atoms with van der Waals surface area (Å²) in [5.74, 6) is -1.09. The van der Waals surface area contributed by atoms with Crippen molar-refractivity contribution in [3.8, 4) is 6.07 Å². The number of esters is 1. The Kier molecular flexibility index (Phi) is 5.73. The second kappa shape index (κ2) is 7.97. The molecule has 0 spiro atoms. The van der Waals surface area contributed by atoms with Gasteiger partial charge in [0, 0.05) is 11.6 Å². The summed E-state index contributed by atoms with van der Waals surface area (Å²) in [6.45, 7) is -0.153. The molecule has 0 atom stereocenters. The third kappa shape index (κ3) is 4.83. The van der Waals surface area contributed by atoms with Crippen LogP contribution >= 0.6 is 11.6 Å². The van der Waals surface area contributed by atoms with Gasteiger partial charge in [-0.2, -0.15) is 5.26 Å². The average molecular weight is 329 g/mol. The number of nitriles is 1. The molecule has 0 aromatic heterocycles. The van der Waals surface area contributed by atoms with Gasteiger partial charge in [0.05, 0.1) is 17.2 Å². The molecule has 6 heteroatoms. The van der Waals surface area contributed by atoms with E-state index in [2.05, 4.69) is 5.32 Å². The van der Waals surface area contributed by atoms with Crippen LogP contribution in [-0.4, -0.2) is 18.5 Å². The van der Waals surface area contributed by atoms with E-state index >= 15 is 0 Å². The second-order valence-electron chi connectivity index (χ2n) is 4.64. The maximum Gasteiger partial charge on any atom is 0.338 e. The summed E-state index contributed by atoms with van der Waals surface area (Å²) in [5, 5.41) is 12.0. The number of benzene rings is 2. The number of carbonyl (C=O) groups excluding carboxylic acids is 2. The number of amides is 1. The lowest BCUT2D eigenvalue weighted by atomic mass is 10.1. The normalized spacial score (nSPS) is 9.74. The van der Waals surface area contributed by atoms with Crippen molar-refractivity contribution < 1.29 is 14.3 Å². The van der Waals surface area contributed by atoms with Crippen LogP contribution in [0.2, 0.25) is 5.02 Å². The fourth-order valence-corrected chi connectivity index (χ4v) is 2.02. The summed E-state index contributed by atoms with van der Waals surface area (Å²) in [6, 6.07) is 15.1. The van der Waals surface area contributed by atoms with Crippen molar-refractivity contribution >= 4 is 23.5 Å². The molecule has 0 bridgehead atoms. The van der Waals surface area contributed by atoms with Gasteiger partial charge in [-0.05, 0) is 29.8 Å². The molecule has 2 aromatic carbocycles. The van der Waals surface area contributed by atoms with Gasteiger partial charge in [0.2, 0.25) is 0 Å². The minimum atomic E-state index is -0.657. The van der Waals surface area contributed by atoms with Crippen molar-refractivity contribution in [2.45, 2.75) is 6.54 Å². The molecule has 5 nitrogen and oxygen atoms in total. The third-order valence-electron chi connectivity index (χ3n) is 3.00. The van der Waals surface area contributed by atoms with Crippen molar-refractivity contribution in [1.82, 2.24) is 5.32 Å². The van der Waals surface area contributed by atoms with E-state index in [0.717, 1.165) is 5.56 Å². The topological polar surface area (TPSA) is 79.2 Å². The van der Waals surface area contributed by atoms with Gasteiger partial charge in [0.1, 0.15) is 0 Å². The van der Waals surface area contributed by atoms with Crippen LogP contribution in [0, 0.1) is 11.3 Å². The highest BCUT2D eigenvalue weighted by atomic mass is 35.5. The molecule has 2 rings (SSSR count). The van der Waals surface area contributed by atoms with Gasteiger partial charge >= 0.3 is 5.97 Å². The number of hydrogen-bond donors (Lipinski definition) is 1. The minimum absolute atomic E-state index is 0.225. The SMILES string of the molecule is N#Cc1cccc(C(=O)OCC(=O)NCc2ccccc2Cl)c1. The second-order valence-corrected chi connectivity index (χ2v) is 5.04. The summed E-state index contributed by atoms with van der Waals surface area (Å²) in [7, 11) is 0. The summed E-state index contributed by atoms with van der Waals surface area (Å²) >= 11 is 5.98. The number of nitrogens with zero attached hydrogens (tertiary/aromatic N) is 1. The van der Waals surface area contributed by atoms with E-state index in [1.165, 1.54) is 12.1 Å². The van der Waals surface area contributed by atoms with Crippen molar-refractivity contribution in [1.29, 1.82) is 5.26 Å². The Morgan fingerprint density at radius 3 is 2.70 bits per heavy atom. The van der Waals surface area contributed by atoms with Crippen molar-refractivity contribution in [3.05, 3.63) is 70.2 Å². The van der Waals surface area contributed by atoms with Gasteiger partial charge in [-0.25, -0.2) is 4.79 Å². The van der Waals surface area contributed by atoms with Gasteiger partial charge in [-0.1, -0.05) is 35.9 Å². The fraction of sp³-hybridized carbons (Fsp3) is 0.118. The molecule has 23 heavy (non-hydrogen) atoms. The first-order valence-electron chi connectivity index (χ1n) is 6.77. The monoisotopic (exact) mass is 328 g/mol. The third-order valence-corrected chi connectivity index (χ3v) is 3.36. The van der Waals surface area contributed by atoms with E-state index in [1.807, 2.05) is 12.1 Å².